The molecule has 0 bridgehead atoms. The van der Waals surface area contributed by atoms with Gasteiger partial charge in [0.25, 0.3) is 11.7 Å². The number of benzene rings is 2. The average molecular weight is 465 g/mol. The molecule has 2 N–H and O–H groups in total. The largest absolute Gasteiger partial charge is 0.490 e. The molecule has 1 aliphatic heterocycles. The van der Waals surface area contributed by atoms with E-state index in [4.69, 9.17) is 4.74 Å². The van der Waals surface area contributed by atoms with Crippen LogP contribution < -0.4 is 10.1 Å². The van der Waals surface area contributed by atoms with E-state index in [-0.39, 0.29) is 0 Å². The SMILES string of the molecule is O=C(NC(CN1CCCC1)C(O)c1ccc(OC2CC2)cc1)C(=O)c1cc2ccccc2s1. The van der Waals surface area contributed by atoms with Gasteiger partial charge in [0, 0.05) is 11.2 Å². The van der Waals surface area contributed by atoms with Crippen LogP contribution in [0.4, 0.5) is 0 Å². The number of nitrogens with zero attached hydrogens (tertiary/aromatic N) is 1. The Morgan fingerprint density at radius 2 is 1.82 bits per heavy atom. The van der Waals surface area contributed by atoms with Crippen molar-refractivity contribution in [2.24, 2.45) is 0 Å². The van der Waals surface area contributed by atoms with Crippen molar-refractivity contribution in [2.45, 2.75) is 43.9 Å². The van der Waals surface area contributed by atoms with E-state index < -0.39 is 23.8 Å². The van der Waals surface area contributed by atoms with E-state index in [1.807, 2.05) is 48.5 Å². The normalized spacial score (nSPS) is 18.2. The molecule has 5 rings (SSSR count). The lowest BCUT2D eigenvalue weighted by molar-refractivity contribution is -0.118. The zero-order chi connectivity index (χ0) is 22.8. The first kappa shape index (κ1) is 22.1. The molecule has 1 amide bonds. The lowest BCUT2D eigenvalue weighted by Gasteiger charge is -2.28. The predicted octanol–water partition coefficient (Wildman–Crippen LogP) is 3.94. The van der Waals surface area contributed by atoms with Gasteiger partial charge >= 0.3 is 0 Å². The van der Waals surface area contributed by atoms with Crippen LogP contribution >= 0.6 is 11.3 Å². The Bertz CT molecular complexity index is 1100. The summed E-state index contributed by atoms with van der Waals surface area (Å²) in [7, 11) is 0. The number of ketones is 1. The molecule has 1 saturated carbocycles. The third-order valence-electron chi connectivity index (χ3n) is 6.26. The second kappa shape index (κ2) is 9.63. The molecule has 1 aromatic heterocycles. The van der Waals surface area contributed by atoms with E-state index >= 15 is 0 Å². The minimum Gasteiger partial charge on any atom is -0.490 e. The van der Waals surface area contributed by atoms with Gasteiger partial charge in [-0.3, -0.25) is 9.59 Å². The number of thiophene rings is 1. The zero-order valence-corrected chi connectivity index (χ0v) is 19.2. The number of hydrogen-bond donors (Lipinski definition) is 2. The number of Topliss-reactive ketones (excluding diaryl/α,β-unsaturated/α-hetero) is 1. The third-order valence-corrected chi connectivity index (χ3v) is 7.37. The summed E-state index contributed by atoms with van der Waals surface area (Å²) in [6.07, 6.45) is 3.75. The number of fused-ring (bicyclic) bond motifs is 1. The summed E-state index contributed by atoms with van der Waals surface area (Å²) in [4.78, 5) is 28.4. The Labute approximate surface area is 197 Å². The highest BCUT2D eigenvalue weighted by Gasteiger charge is 2.30. The molecule has 2 atom stereocenters. The van der Waals surface area contributed by atoms with Crippen molar-refractivity contribution in [1.82, 2.24) is 10.2 Å². The fourth-order valence-electron chi connectivity index (χ4n) is 4.26. The van der Waals surface area contributed by atoms with E-state index in [1.54, 1.807) is 6.07 Å². The summed E-state index contributed by atoms with van der Waals surface area (Å²) in [5, 5.41) is 14.9. The van der Waals surface area contributed by atoms with Crippen LogP contribution in [0.1, 0.15) is 47.0 Å². The van der Waals surface area contributed by atoms with Gasteiger partial charge in [-0.05, 0) is 74.0 Å². The highest BCUT2D eigenvalue weighted by atomic mass is 32.1. The van der Waals surface area contributed by atoms with Gasteiger partial charge in [0.05, 0.1) is 17.0 Å². The quantitative estimate of drug-likeness (QED) is 0.370. The van der Waals surface area contributed by atoms with E-state index in [9.17, 15) is 14.7 Å². The molecule has 2 heterocycles. The smallest absolute Gasteiger partial charge is 0.293 e. The topological polar surface area (TPSA) is 78.9 Å². The van der Waals surface area contributed by atoms with Crippen molar-refractivity contribution >= 4 is 33.1 Å². The summed E-state index contributed by atoms with van der Waals surface area (Å²) in [6.45, 7) is 2.35. The number of nitrogens with one attached hydrogen (secondary N) is 1. The third kappa shape index (κ3) is 5.27. The molecule has 3 aromatic rings. The molecule has 7 heteroatoms. The van der Waals surface area contributed by atoms with E-state index in [2.05, 4.69) is 10.2 Å². The summed E-state index contributed by atoms with van der Waals surface area (Å²) in [6, 6.07) is 16.2. The lowest BCUT2D eigenvalue weighted by Crippen LogP contribution is -2.48. The van der Waals surface area contributed by atoms with Crippen LogP contribution in [0.3, 0.4) is 0 Å². The number of rotatable bonds is 9. The molecule has 33 heavy (non-hydrogen) atoms. The Morgan fingerprint density at radius 3 is 2.52 bits per heavy atom. The van der Waals surface area contributed by atoms with Crippen LogP contribution in [-0.4, -0.2) is 53.5 Å². The van der Waals surface area contributed by atoms with Gasteiger partial charge in [0.1, 0.15) is 11.9 Å². The maximum atomic E-state index is 12.9. The molecular weight excluding hydrogens is 436 g/mol. The molecule has 2 aromatic carbocycles. The molecular formula is C26H28N2O4S. The van der Waals surface area contributed by atoms with E-state index in [0.29, 0.717) is 23.1 Å². The number of amides is 1. The van der Waals surface area contributed by atoms with Crippen LogP contribution in [0, 0.1) is 0 Å². The Hall–Kier alpha value is -2.74. The van der Waals surface area contributed by atoms with Gasteiger partial charge < -0.3 is 20.1 Å². The van der Waals surface area contributed by atoms with E-state index in [1.165, 1.54) is 11.3 Å². The van der Waals surface area contributed by atoms with Crippen LogP contribution in [0.15, 0.2) is 54.6 Å². The summed E-state index contributed by atoms with van der Waals surface area (Å²) in [5.41, 5.74) is 0.692. The molecule has 1 saturated heterocycles. The predicted molar refractivity (Wildman–Crippen MR) is 129 cm³/mol. The number of aliphatic hydroxyl groups excluding tert-OH is 1. The van der Waals surface area contributed by atoms with Crippen molar-refractivity contribution in [3.63, 3.8) is 0 Å². The fourth-order valence-corrected chi connectivity index (χ4v) is 5.26. The standard InChI is InChI=1S/C26H28N2O4S/c29-24(17-7-9-19(10-8-17)32-20-11-12-20)21(16-28-13-3-4-14-28)27-26(31)25(30)23-15-18-5-1-2-6-22(18)33-23/h1-2,5-10,15,20-21,24,29H,3-4,11-14,16H2,(H,27,31). The Kier molecular flexibility index (Phi) is 6.44. The first-order valence-electron chi connectivity index (χ1n) is 11.6. The molecule has 2 fully saturated rings. The van der Waals surface area contributed by atoms with Crippen LogP contribution in [0.2, 0.25) is 0 Å². The minimum absolute atomic E-state index is 0.308. The average Bonchev–Trinajstić information content (AvgIpc) is 3.31. The van der Waals surface area contributed by atoms with Crippen molar-refractivity contribution in [3.05, 3.63) is 65.0 Å². The highest BCUT2D eigenvalue weighted by molar-refractivity contribution is 7.21. The minimum atomic E-state index is -0.931. The molecule has 6 nitrogen and oxygen atoms in total. The van der Waals surface area contributed by atoms with Gasteiger partial charge in [0.15, 0.2) is 0 Å². The number of hydrogen-bond acceptors (Lipinski definition) is 6. The van der Waals surface area contributed by atoms with Crippen LogP contribution in [0.25, 0.3) is 10.1 Å². The summed E-state index contributed by atoms with van der Waals surface area (Å²) >= 11 is 1.31. The molecule has 1 aliphatic carbocycles. The molecule has 2 aliphatic rings. The lowest BCUT2D eigenvalue weighted by atomic mass is 10.0. The van der Waals surface area contributed by atoms with E-state index in [0.717, 1.165) is 54.6 Å². The van der Waals surface area contributed by atoms with Gasteiger partial charge in [-0.25, -0.2) is 0 Å². The van der Waals surface area contributed by atoms with Crippen molar-refractivity contribution < 1.29 is 19.4 Å². The highest BCUT2D eigenvalue weighted by Crippen LogP contribution is 2.29. The van der Waals surface area contributed by atoms with Gasteiger partial charge in [-0.1, -0.05) is 30.3 Å². The molecule has 172 valence electrons. The fraction of sp³-hybridized carbons (Fsp3) is 0.385. The number of aliphatic hydroxyl groups is 1. The summed E-state index contributed by atoms with van der Waals surface area (Å²) < 4.78 is 6.76. The van der Waals surface area contributed by atoms with Gasteiger partial charge in [-0.15, -0.1) is 11.3 Å². The number of ether oxygens (including phenoxy) is 1. The van der Waals surface area contributed by atoms with Crippen LogP contribution in [-0.2, 0) is 4.79 Å². The van der Waals surface area contributed by atoms with Crippen molar-refractivity contribution in [3.8, 4) is 5.75 Å². The van der Waals surface area contributed by atoms with Crippen molar-refractivity contribution in [1.29, 1.82) is 0 Å². The monoisotopic (exact) mass is 464 g/mol. The Morgan fingerprint density at radius 1 is 1.09 bits per heavy atom. The number of carbonyl (C=O) groups excluding carboxylic acids is 2. The first-order valence-corrected chi connectivity index (χ1v) is 12.4. The van der Waals surface area contributed by atoms with Gasteiger partial charge in [0.2, 0.25) is 0 Å². The van der Waals surface area contributed by atoms with Crippen LogP contribution in [0.5, 0.6) is 5.75 Å². The maximum Gasteiger partial charge on any atom is 0.293 e. The number of carbonyl (C=O) groups is 2. The second-order valence-corrected chi connectivity index (χ2v) is 9.98. The Balaban J connectivity index is 1.31. The molecule has 0 spiro atoms. The zero-order valence-electron chi connectivity index (χ0n) is 18.4. The molecule has 0 radical (unpaired) electrons. The first-order chi connectivity index (χ1) is 16.1. The number of likely N-dealkylation sites (tertiary alicyclic amines) is 1. The summed E-state index contributed by atoms with van der Waals surface area (Å²) in [5.74, 6) is -0.463. The van der Waals surface area contributed by atoms with Crippen molar-refractivity contribution in [2.75, 3.05) is 19.6 Å². The maximum absolute atomic E-state index is 12.9. The molecule has 2 unspecified atom stereocenters. The second-order valence-electron chi connectivity index (χ2n) is 8.90. The van der Waals surface area contributed by atoms with Gasteiger partial charge in [-0.2, -0.15) is 0 Å².